The van der Waals surface area contributed by atoms with E-state index in [9.17, 15) is 0 Å². The van der Waals surface area contributed by atoms with Crippen LogP contribution in [0.25, 0.3) is 11.3 Å². The molecule has 0 unspecified atom stereocenters. The molecular weight excluding hydrogens is 330 g/mol. The van der Waals surface area contributed by atoms with Crippen LogP contribution in [0.3, 0.4) is 0 Å². The van der Waals surface area contributed by atoms with Gasteiger partial charge < -0.3 is 14.5 Å². The lowest BCUT2D eigenvalue weighted by atomic mass is 10.1. The zero-order chi connectivity index (χ0) is 14.7. The van der Waals surface area contributed by atoms with Crippen molar-refractivity contribution in [3.63, 3.8) is 0 Å². The molecule has 112 valence electrons. The van der Waals surface area contributed by atoms with E-state index in [1.165, 1.54) is 12.0 Å². The Balaban J connectivity index is 1.58. The highest BCUT2D eigenvalue weighted by molar-refractivity contribution is 9.10. The summed E-state index contributed by atoms with van der Waals surface area (Å²) in [6, 6.07) is 10.3. The van der Waals surface area contributed by atoms with Crippen LogP contribution in [0.15, 0.2) is 39.2 Å². The van der Waals surface area contributed by atoms with E-state index < -0.39 is 0 Å². The van der Waals surface area contributed by atoms with Gasteiger partial charge in [0.15, 0.2) is 0 Å². The number of halogens is 1. The first-order chi connectivity index (χ1) is 10.2. The predicted octanol–water partition coefficient (Wildman–Crippen LogP) is 4.29. The van der Waals surface area contributed by atoms with E-state index in [0.717, 1.165) is 47.7 Å². The fraction of sp³-hybridized carbons (Fsp3) is 0.412. The second-order valence-electron chi connectivity index (χ2n) is 5.50. The quantitative estimate of drug-likeness (QED) is 0.874. The smallest absolute Gasteiger partial charge is 0.134 e. The van der Waals surface area contributed by atoms with Crippen molar-refractivity contribution in [3.8, 4) is 11.3 Å². The first-order valence-corrected chi connectivity index (χ1v) is 8.19. The van der Waals surface area contributed by atoms with Crippen molar-refractivity contribution in [2.75, 3.05) is 13.2 Å². The molecule has 21 heavy (non-hydrogen) atoms. The molecule has 0 amide bonds. The van der Waals surface area contributed by atoms with Gasteiger partial charge in [-0.05, 0) is 49.6 Å². The third kappa shape index (κ3) is 3.76. The highest BCUT2D eigenvalue weighted by Crippen LogP contribution is 2.26. The summed E-state index contributed by atoms with van der Waals surface area (Å²) < 4.78 is 12.6. The molecule has 1 aromatic carbocycles. The van der Waals surface area contributed by atoms with Crippen LogP contribution in [-0.2, 0) is 11.3 Å². The highest BCUT2D eigenvalue weighted by Gasteiger charge is 2.14. The Morgan fingerprint density at radius 2 is 2.19 bits per heavy atom. The van der Waals surface area contributed by atoms with Crippen LogP contribution >= 0.6 is 15.9 Å². The molecule has 1 aliphatic rings. The van der Waals surface area contributed by atoms with Crippen molar-refractivity contribution in [1.82, 2.24) is 5.32 Å². The van der Waals surface area contributed by atoms with Gasteiger partial charge in [-0.2, -0.15) is 0 Å². The third-order valence-electron chi connectivity index (χ3n) is 3.80. The van der Waals surface area contributed by atoms with Crippen molar-refractivity contribution in [2.24, 2.45) is 0 Å². The molecule has 1 N–H and O–H groups in total. The SMILES string of the molecule is Cc1cc(-c2ccc(CNC[C@H]3CCCO3)o2)ccc1Br. The summed E-state index contributed by atoms with van der Waals surface area (Å²) in [5, 5.41) is 3.40. The molecule has 1 atom stereocenters. The lowest BCUT2D eigenvalue weighted by molar-refractivity contribution is 0.109. The van der Waals surface area contributed by atoms with Crippen molar-refractivity contribution >= 4 is 15.9 Å². The monoisotopic (exact) mass is 349 g/mol. The normalized spacial score (nSPS) is 18.3. The Morgan fingerprint density at radius 3 is 2.95 bits per heavy atom. The van der Waals surface area contributed by atoms with Crippen LogP contribution in [0.1, 0.15) is 24.2 Å². The van der Waals surface area contributed by atoms with E-state index in [0.29, 0.717) is 6.10 Å². The minimum atomic E-state index is 0.369. The van der Waals surface area contributed by atoms with Crippen molar-refractivity contribution in [2.45, 2.75) is 32.4 Å². The van der Waals surface area contributed by atoms with Crippen molar-refractivity contribution in [3.05, 3.63) is 46.1 Å². The van der Waals surface area contributed by atoms with Crippen LogP contribution in [0, 0.1) is 6.92 Å². The van der Waals surface area contributed by atoms with Crippen molar-refractivity contribution in [1.29, 1.82) is 0 Å². The second-order valence-corrected chi connectivity index (χ2v) is 6.35. The number of nitrogens with one attached hydrogen (secondary N) is 1. The van der Waals surface area contributed by atoms with Gasteiger partial charge in [-0.25, -0.2) is 0 Å². The first-order valence-electron chi connectivity index (χ1n) is 7.40. The molecule has 2 aromatic rings. The van der Waals surface area contributed by atoms with Gasteiger partial charge in [0, 0.05) is 23.2 Å². The number of benzene rings is 1. The maximum atomic E-state index is 5.91. The molecule has 1 aromatic heterocycles. The molecule has 0 saturated carbocycles. The molecule has 1 fully saturated rings. The molecule has 1 aliphatic heterocycles. The molecule has 0 spiro atoms. The molecule has 2 heterocycles. The molecule has 3 nitrogen and oxygen atoms in total. The fourth-order valence-electron chi connectivity index (χ4n) is 2.59. The van der Waals surface area contributed by atoms with Crippen LogP contribution in [-0.4, -0.2) is 19.3 Å². The predicted molar refractivity (Wildman–Crippen MR) is 87.3 cm³/mol. The molecular formula is C17H20BrNO2. The Labute approximate surface area is 133 Å². The number of hydrogen-bond acceptors (Lipinski definition) is 3. The Bertz CT molecular complexity index is 603. The zero-order valence-electron chi connectivity index (χ0n) is 12.2. The van der Waals surface area contributed by atoms with Crippen LogP contribution in [0.2, 0.25) is 0 Å². The summed E-state index contributed by atoms with van der Waals surface area (Å²) in [5.74, 6) is 1.88. The maximum Gasteiger partial charge on any atom is 0.134 e. The van der Waals surface area contributed by atoms with Gasteiger partial charge in [-0.3, -0.25) is 0 Å². The molecule has 0 aliphatic carbocycles. The molecule has 1 saturated heterocycles. The van der Waals surface area contributed by atoms with Gasteiger partial charge in [-0.15, -0.1) is 0 Å². The van der Waals surface area contributed by atoms with Crippen LogP contribution in [0.5, 0.6) is 0 Å². The second kappa shape index (κ2) is 6.77. The van der Waals surface area contributed by atoms with E-state index in [-0.39, 0.29) is 0 Å². The number of ether oxygens (including phenoxy) is 1. The zero-order valence-corrected chi connectivity index (χ0v) is 13.8. The average Bonchev–Trinajstić information content (AvgIpc) is 3.13. The van der Waals surface area contributed by atoms with Crippen molar-refractivity contribution < 1.29 is 9.15 Å². The van der Waals surface area contributed by atoms with E-state index in [1.54, 1.807) is 0 Å². The summed E-state index contributed by atoms with van der Waals surface area (Å²) in [7, 11) is 0. The molecule has 0 bridgehead atoms. The topological polar surface area (TPSA) is 34.4 Å². The number of furan rings is 1. The Hall–Kier alpha value is -1.10. The molecule has 3 rings (SSSR count). The van der Waals surface area contributed by atoms with E-state index in [1.807, 2.05) is 12.1 Å². The maximum absolute atomic E-state index is 5.91. The van der Waals surface area contributed by atoms with Crippen LogP contribution < -0.4 is 5.32 Å². The summed E-state index contributed by atoms with van der Waals surface area (Å²) in [5.41, 5.74) is 2.32. The summed E-state index contributed by atoms with van der Waals surface area (Å²) >= 11 is 3.52. The number of rotatable bonds is 5. The fourth-order valence-corrected chi connectivity index (χ4v) is 2.83. The number of hydrogen-bond donors (Lipinski definition) is 1. The number of aryl methyl sites for hydroxylation is 1. The van der Waals surface area contributed by atoms with Gasteiger partial charge in [-0.1, -0.05) is 22.0 Å². The summed E-state index contributed by atoms with van der Waals surface area (Å²) in [6.07, 6.45) is 2.71. The van der Waals surface area contributed by atoms with Crippen LogP contribution in [0.4, 0.5) is 0 Å². The van der Waals surface area contributed by atoms with Gasteiger partial charge >= 0.3 is 0 Å². The third-order valence-corrected chi connectivity index (χ3v) is 4.69. The van der Waals surface area contributed by atoms with E-state index in [4.69, 9.17) is 9.15 Å². The lowest BCUT2D eigenvalue weighted by Crippen LogP contribution is -2.25. The highest BCUT2D eigenvalue weighted by atomic mass is 79.9. The van der Waals surface area contributed by atoms with Gasteiger partial charge in [0.1, 0.15) is 11.5 Å². The largest absolute Gasteiger partial charge is 0.460 e. The Kier molecular flexibility index (Phi) is 4.78. The minimum absolute atomic E-state index is 0.369. The van der Waals surface area contributed by atoms with Gasteiger partial charge in [0.25, 0.3) is 0 Å². The Morgan fingerprint density at radius 1 is 1.29 bits per heavy atom. The van der Waals surface area contributed by atoms with E-state index >= 15 is 0 Å². The van der Waals surface area contributed by atoms with Gasteiger partial charge in [0.05, 0.1) is 12.6 Å². The molecule has 4 heteroatoms. The van der Waals surface area contributed by atoms with Gasteiger partial charge in [0.2, 0.25) is 0 Å². The first kappa shape index (κ1) is 14.8. The summed E-state index contributed by atoms with van der Waals surface area (Å²) in [4.78, 5) is 0. The summed E-state index contributed by atoms with van der Waals surface area (Å²) in [6.45, 7) is 4.63. The lowest BCUT2D eigenvalue weighted by Gasteiger charge is -2.09. The minimum Gasteiger partial charge on any atom is -0.460 e. The standard InChI is InChI=1S/C17H20BrNO2/c1-12-9-13(4-6-16(12)18)17-7-5-15(21-17)11-19-10-14-3-2-8-20-14/h4-7,9,14,19H,2-3,8,10-11H2,1H3/t14-/m1/s1. The average molecular weight is 350 g/mol. The molecule has 0 radical (unpaired) electrons. The van der Waals surface area contributed by atoms with E-state index in [2.05, 4.69) is 46.4 Å².